The zero-order valence-corrected chi connectivity index (χ0v) is 12.7. The molecule has 2 fully saturated rings. The first-order valence-electron chi connectivity index (χ1n) is 6.72. The van der Waals surface area contributed by atoms with E-state index in [0.717, 1.165) is 23.4 Å². The second-order valence-electron chi connectivity index (χ2n) is 4.99. The molecule has 1 aromatic rings. The molecule has 0 saturated carbocycles. The number of pyridine rings is 1. The predicted octanol–water partition coefficient (Wildman–Crippen LogP) is 1.07. The number of carbonyl (C=O) groups is 1. The van der Waals surface area contributed by atoms with Gasteiger partial charge in [0.05, 0.1) is 19.3 Å². The van der Waals surface area contributed by atoms with E-state index >= 15 is 0 Å². The number of halogens is 1. The van der Waals surface area contributed by atoms with Gasteiger partial charge in [-0.2, -0.15) is 0 Å². The highest BCUT2D eigenvalue weighted by Crippen LogP contribution is 2.20. The second-order valence-corrected chi connectivity index (χ2v) is 5.90. The van der Waals surface area contributed by atoms with Crippen LogP contribution in [0.3, 0.4) is 0 Å². The van der Waals surface area contributed by atoms with E-state index in [-0.39, 0.29) is 12.1 Å². The maximum absolute atomic E-state index is 12.0. The van der Waals surface area contributed by atoms with Gasteiger partial charge in [0, 0.05) is 36.8 Å². The third-order valence-electron chi connectivity index (χ3n) is 3.54. The molecular weight excluding hydrogens is 324 g/mol. The molecule has 1 N–H and O–H groups in total. The summed E-state index contributed by atoms with van der Waals surface area (Å²) in [5.41, 5.74) is 0. The first-order chi connectivity index (χ1) is 9.72. The van der Waals surface area contributed by atoms with Crippen LogP contribution in [0.15, 0.2) is 22.8 Å². The van der Waals surface area contributed by atoms with Crippen molar-refractivity contribution in [2.24, 2.45) is 0 Å². The summed E-state index contributed by atoms with van der Waals surface area (Å²) in [6.45, 7) is 4.24. The fourth-order valence-corrected chi connectivity index (χ4v) is 2.58. The molecule has 7 heteroatoms. The maximum atomic E-state index is 12.0. The molecule has 6 nitrogen and oxygen atoms in total. The van der Waals surface area contributed by atoms with Crippen LogP contribution in [0.1, 0.15) is 0 Å². The van der Waals surface area contributed by atoms with Gasteiger partial charge in [-0.3, -0.25) is 0 Å². The van der Waals surface area contributed by atoms with Crippen molar-refractivity contribution in [1.82, 2.24) is 15.2 Å². The van der Waals surface area contributed by atoms with Gasteiger partial charge in [-0.1, -0.05) is 0 Å². The molecule has 0 spiro atoms. The average molecular weight is 341 g/mol. The minimum absolute atomic E-state index is 0.0155. The van der Waals surface area contributed by atoms with E-state index in [0.29, 0.717) is 26.3 Å². The van der Waals surface area contributed by atoms with E-state index in [1.54, 1.807) is 6.20 Å². The highest BCUT2D eigenvalue weighted by atomic mass is 79.9. The Hall–Kier alpha value is -1.34. The molecule has 0 radical (unpaired) electrons. The van der Waals surface area contributed by atoms with Crippen molar-refractivity contribution in [1.29, 1.82) is 0 Å². The summed E-state index contributed by atoms with van der Waals surface area (Å²) in [5.74, 6) is 0.949. The number of aromatic nitrogens is 1. The average Bonchev–Trinajstić information content (AvgIpc) is 2.44. The van der Waals surface area contributed by atoms with E-state index in [1.165, 1.54) is 0 Å². The van der Waals surface area contributed by atoms with Crippen molar-refractivity contribution >= 4 is 27.8 Å². The Labute approximate surface area is 126 Å². The van der Waals surface area contributed by atoms with Gasteiger partial charge in [-0.05, 0) is 28.1 Å². The third-order valence-corrected chi connectivity index (χ3v) is 4.01. The highest BCUT2D eigenvalue weighted by Gasteiger charge is 2.30. The SMILES string of the molecule is O=C(NC1CN(c2ccc(Br)cn2)C1)N1CCOCC1. The molecule has 2 aliphatic heterocycles. The molecule has 108 valence electrons. The number of ether oxygens (including phenoxy) is 1. The van der Waals surface area contributed by atoms with Gasteiger partial charge in [0.1, 0.15) is 5.82 Å². The number of urea groups is 1. The fourth-order valence-electron chi connectivity index (χ4n) is 2.34. The summed E-state index contributed by atoms with van der Waals surface area (Å²) in [6, 6.07) is 4.17. The van der Waals surface area contributed by atoms with Crippen LogP contribution in [0.2, 0.25) is 0 Å². The predicted molar refractivity (Wildman–Crippen MR) is 78.9 cm³/mol. The summed E-state index contributed by atoms with van der Waals surface area (Å²) < 4.78 is 6.21. The molecule has 0 aliphatic carbocycles. The van der Waals surface area contributed by atoms with E-state index < -0.39 is 0 Å². The second kappa shape index (κ2) is 5.97. The lowest BCUT2D eigenvalue weighted by atomic mass is 10.1. The van der Waals surface area contributed by atoms with Crippen LogP contribution in [-0.4, -0.2) is 61.3 Å². The molecule has 2 aliphatic rings. The Kier molecular flexibility index (Phi) is 4.07. The highest BCUT2D eigenvalue weighted by molar-refractivity contribution is 9.10. The molecule has 3 heterocycles. The summed E-state index contributed by atoms with van der Waals surface area (Å²) in [7, 11) is 0. The lowest BCUT2D eigenvalue weighted by molar-refractivity contribution is 0.0522. The number of hydrogen-bond donors (Lipinski definition) is 1. The monoisotopic (exact) mass is 340 g/mol. The van der Waals surface area contributed by atoms with Crippen LogP contribution in [-0.2, 0) is 4.74 Å². The molecule has 2 saturated heterocycles. The lowest BCUT2D eigenvalue weighted by Crippen LogP contribution is -2.62. The summed E-state index contributed by atoms with van der Waals surface area (Å²) >= 11 is 3.37. The summed E-state index contributed by atoms with van der Waals surface area (Å²) in [4.78, 5) is 20.3. The van der Waals surface area contributed by atoms with E-state index in [2.05, 4.69) is 31.1 Å². The van der Waals surface area contributed by atoms with Gasteiger partial charge in [0.25, 0.3) is 0 Å². The maximum Gasteiger partial charge on any atom is 0.317 e. The Morgan fingerprint density at radius 2 is 2.10 bits per heavy atom. The summed E-state index contributed by atoms with van der Waals surface area (Å²) in [5, 5.41) is 3.05. The normalized spacial score (nSPS) is 19.6. The van der Waals surface area contributed by atoms with Gasteiger partial charge in [0.15, 0.2) is 0 Å². The number of hydrogen-bond acceptors (Lipinski definition) is 4. The fraction of sp³-hybridized carbons (Fsp3) is 0.538. The molecule has 0 unspecified atom stereocenters. The Morgan fingerprint density at radius 1 is 1.35 bits per heavy atom. The molecule has 0 atom stereocenters. The number of anilines is 1. The van der Waals surface area contributed by atoms with Gasteiger partial charge in [0.2, 0.25) is 0 Å². The minimum atomic E-state index is 0.0155. The van der Waals surface area contributed by atoms with Crippen LogP contribution >= 0.6 is 15.9 Å². The van der Waals surface area contributed by atoms with Crippen LogP contribution in [0.5, 0.6) is 0 Å². The minimum Gasteiger partial charge on any atom is -0.378 e. The van der Waals surface area contributed by atoms with Crippen LogP contribution in [0, 0.1) is 0 Å². The van der Waals surface area contributed by atoms with Crippen molar-refractivity contribution in [2.45, 2.75) is 6.04 Å². The Morgan fingerprint density at radius 3 is 2.75 bits per heavy atom. The Balaban J connectivity index is 1.46. The van der Waals surface area contributed by atoms with E-state index in [4.69, 9.17) is 4.74 Å². The van der Waals surface area contributed by atoms with Crippen molar-refractivity contribution in [3.8, 4) is 0 Å². The van der Waals surface area contributed by atoms with Crippen molar-refractivity contribution in [2.75, 3.05) is 44.3 Å². The molecule has 0 bridgehead atoms. The smallest absolute Gasteiger partial charge is 0.317 e. The number of rotatable bonds is 2. The van der Waals surface area contributed by atoms with Crippen molar-refractivity contribution in [3.63, 3.8) is 0 Å². The summed E-state index contributed by atoms with van der Waals surface area (Å²) in [6.07, 6.45) is 1.79. The Bertz CT molecular complexity index is 470. The quantitative estimate of drug-likeness (QED) is 0.875. The zero-order chi connectivity index (χ0) is 13.9. The molecule has 20 heavy (non-hydrogen) atoms. The van der Waals surface area contributed by atoms with E-state index in [1.807, 2.05) is 17.0 Å². The van der Waals surface area contributed by atoms with Gasteiger partial charge >= 0.3 is 6.03 Å². The largest absolute Gasteiger partial charge is 0.378 e. The number of nitrogens with one attached hydrogen (secondary N) is 1. The van der Waals surface area contributed by atoms with E-state index in [9.17, 15) is 4.79 Å². The molecular formula is C13H17BrN4O2. The number of morpholine rings is 1. The topological polar surface area (TPSA) is 57.7 Å². The lowest BCUT2D eigenvalue weighted by Gasteiger charge is -2.41. The third kappa shape index (κ3) is 3.04. The first kappa shape index (κ1) is 13.6. The van der Waals surface area contributed by atoms with Crippen LogP contribution < -0.4 is 10.2 Å². The molecule has 1 aromatic heterocycles. The van der Waals surface area contributed by atoms with Gasteiger partial charge < -0.3 is 19.9 Å². The zero-order valence-electron chi connectivity index (χ0n) is 11.1. The molecule has 2 amide bonds. The molecule has 3 rings (SSSR count). The number of nitrogens with zero attached hydrogens (tertiary/aromatic N) is 3. The number of carbonyl (C=O) groups excluding carboxylic acids is 1. The van der Waals surface area contributed by atoms with Crippen molar-refractivity contribution < 1.29 is 9.53 Å². The molecule has 0 aromatic carbocycles. The first-order valence-corrected chi connectivity index (χ1v) is 7.51. The van der Waals surface area contributed by atoms with Crippen molar-refractivity contribution in [3.05, 3.63) is 22.8 Å². The van der Waals surface area contributed by atoms with Crippen LogP contribution in [0.4, 0.5) is 10.6 Å². The van der Waals surface area contributed by atoms with Gasteiger partial charge in [-0.25, -0.2) is 9.78 Å². The van der Waals surface area contributed by atoms with Crippen LogP contribution in [0.25, 0.3) is 0 Å². The van der Waals surface area contributed by atoms with Gasteiger partial charge in [-0.15, -0.1) is 0 Å². The standard InChI is InChI=1S/C13H17BrN4O2/c14-10-1-2-12(15-7-10)18-8-11(9-18)16-13(19)17-3-5-20-6-4-17/h1-2,7,11H,3-6,8-9H2,(H,16,19). The number of amides is 2.